The first-order valence-electron chi connectivity index (χ1n) is 8.28. The number of nitrogens with zero attached hydrogens (tertiary/aromatic N) is 1. The van der Waals surface area contributed by atoms with Gasteiger partial charge in [-0.05, 0) is 62.4 Å². The Balaban J connectivity index is 1.39. The molecule has 2 heterocycles. The molecular weight excluding hydrogens is 236 g/mol. The van der Waals surface area contributed by atoms with E-state index in [2.05, 4.69) is 10.2 Å². The van der Waals surface area contributed by atoms with Gasteiger partial charge in [0.2, 0.25) is 5.91 Å². The van der Waals surface area contributed by atoms with Crippen LogP contribution >= 0.6 is 0 Å². The average Bonchev–Trinajstić information content (AvgIpc) is 2.96. The summed E-state index contributed by atoms with van der Waals surface area (Å²) in [7, 11) is 0. The number of carbonyl (C=O) groups excluding carboxylic acids is 1. The quantitative estimate of drug-likeness (QED) is 0.784. The summed E-state index contributed by atoms with van der Waals surface area (Å²) in [5.74, 6) is 2.56. The number of fused-ring (bicyclic) bond motifs is 1. The molecule has 4 rings (SSSR count). The molecule has 4 fully saturated rings. The molecule has 2 saturated heterocycles. The maximum Gasteiger partial charge on any atom is 0.226 e. The molecule has 1 N–H and O–H groups in total. The van der Waals surface area contributed by atoms with Crippen molar-refractivity contribution in [3.05, 3.63) is 0 Å². The molecule has 0 aromatic rings. The third kappa shape index (κ3) is 2.01. The van der Waals surface area contributed by atoms with Crippen LogP contribution in [0.3, 0.4) is 0 Å². The second-order valence-electron chi connectivity index (χ2n) is 7.42. The Morgan fingerprint density at radius 1 is 1.05 bits per heavy atom. The van der Waals surface area contributed by atoms with E-state index in [1.165, 1.54) is 44.9 Å². The number of carbonyl (C=O) groups is 1. The average molecular weight is 262 g/mol. The number of likely N-dealkylation sites (tertiary alicyclic amines) is 1. The van der Waals surface area contributed by atoms with Crippen molar-refractivity contribution < 1.29 is 4.79 Å². The lowest BCUT2D eigenvalue weighted by molar-refractivity contribution is -0.132. The van der Waals surface area contributed by atoms with Crippen molar-refractivity contribution in [1.29, 1.82) is 0 Å². The number of nitrogens with one attached hydrogen (secondary N) is 1. The minimum atomic E-state index is 0.384. The van der Waals surface area contributed by atoms with Crippen molar-refractivity contribution in [1.82, 2.24) is 10.2 Å². The monoisotopic (exact) mass is 262 g/mol. The van der Waals surface area contributed by atoms with Crippen LogP contribution in [0.25, 0.3) is 0 Å². The molecule has 4 aliphatic rings. The highest BCUT2D eigenvalue weighted by Gasteiger charge is 2.59. The first-order valence-corrected chi connectivity index (χ1v) is 8.28. The molecule has 106 valence electrons. The summed E-state index contributed by atoms with van der Waals surface area (Å²) in [6.45, 7) is 4.40. The predicted octanol–water partition coefficient (Wildman–Crippen LogP) is 2.02. The summed E-state index contributed by atoms with van der Waals surface area (Å²) in [5, 5.41) is 3.43. The van der Waals surface area contributed by atoms with E-state index >= 15 is 0 Å². The van der Waals surface area contributed by atoms with E-state index < -0.39 is 0 Å². The minimum Gasteiger partial charge on any atom is -0.342 e. The van der Waals surface area contributed by atoms with Gasteiger partial charge in [-0.3, -0.25) is 4.79 Å². The molecule has 0 aromatic heterocycles. The fraction of sp³-hybridized carbons (Fsp3) is 0.938. The zero-order valence-electron chi connectivity index (χ0n) is 11.9. The lowest BCUT2D eigenvalue weighted by Gasteiger charge is -2.25. The Bertz CT molecular complexity index is 361. The largest absolute Gasteiger partial charge is 0.342 e. The van der Waals surface area contributed by atoms with Crippen molar-refractivity contribution in [3.8, 4) is 0 Å². The van der Waals surface area contributed by atoms with E-state index in [9.17, 15) is 4.79 Å². The van der Waals surface area contributed by atoms with Gasteiger partial charge >= 0.3 is 0 Å². The normalized spacial score (nSPS) is 40.2. The van der Waals surface area contributed by atoms with Crippen LogP contribution < -0.4 is 5.32 Å². The van der Waals surface area contributed by atoms with Gasteiger partial charge in [-0.25, -0.2) is 0 Å². The van der Waals surface area contributed by atoms with Gasteiger partial charge < -0.3 is 10.2 Å². The first-order chi connectivity index (χ1) is 9.28. The maximum atomic E-state index is 12.7. The molecule has 3 heteroatoms. The molecule has 0 bridgehead atoms. The van der Waals surface area contributed by atoms with Gasteiger partial charge in [0.05, 0.1) is 0 Å². The molecule has 0 radical (unpaired) electrons. The first kappa shape index (κ1) is 12.2. The van der Waals surface area contributed by atoms with Crippen LogP contribution in [-0.4, -0.2) is 37.0 Å². The Kier molecular flexibility index (Phi) is 2.87. The molecule has 3 nitrogen and oxygen atoms in total. The van der Waals surface area contributed by atoms with Crippen LogP contribution in [-0.2, 0) is 4.79 Å². The van der Waals surface area contributed by atoms with Crippen molar-refractivity contribution >= 4 is 5.91 Å². The number of hydrogen-bond acceptors (Lipinski definition) is 2. The van der Waals surface area contributed by atoms with Crippen molar-refractivity contribution in [2.75, 3.05) is 26.2 Å². The van der Waals surface area contributed by atoms with E-state index in [1.807, 2.05) is 0 Å². The molecule has 2 aliphatic carbocycles. The van der Waals surface area contributed by atoms with Gasteiger partial charge in [0.15, 0.2) is 0 Å². The fourth-order valence-electron chi connectivity index (χ4n) is 4.98. The fourth-order valence-corrected chi connectivity index (χ4v) is 4.98. The maximum absolute atomic E-state index is 12.7. The topological polar surface area (TPSA) is 32.3 Å². The highest BCUT2D eigenvalue weighted by Crippen LogP contribution is 2.59. The molecule has 1 spiro atoms. The summed E-state index contributed by atoms with van der Waals surface area (Å²) >= 11 is 0. The summed E-state index contributed by atoms with van der Waals surface area (Å²) < 4.78 is 0. The predicted molar refractivity (Wildman–Crippen MR) is 74.7 cm³/mol. The van der Waals surface area contributed by atoms with Crippen LogP contribution in [0.4, 0.5) is 0 Å². The zero-order valence-corrected chi connectivity index (χ0v) is 11.9. The standard InChI is InChI=1S/C16H26N2O/c19-15(14-9-16(14)5-7-17-8-6-16)18-10-12-3-1-2-4-13(12)11-18/h12-14,17H,1-11H2. The number of amides is 1. The SMILES string of the molecule is O=C(C1CC12CCNCC2)N1CC2CCCCC2C1. The lowest BCUT2D eigenvalue weighted by Crippen LogP contribution is -2.35. The summed E-state index contributed by atoms with van der Waals surface area (Å²) in [6.07, 6.45) is 9.15. The smallest absolute Gasteiger partial charge is 0.226 e. The second kappa shape index (κ2) is 4.47. The minimum absolute atomic E-state index is 0.384. The molecule has 0 aromatic carbocycles. The van der Waals surface area contributed by atoms with Gasteiger partial charge in [-0.2, -0.15) is 0 Å². The van der Waals surface area contributed by atoms with Crippen LogP contribution in [0.5, 0.6) is 0 Å². The number of rotatable bonds is 1. The summed E-state index contributed by atoms with van der Waals surface area (Å²) in [4.78, 5) is 15.0. The summed E-state index contributed by atoms with van der Waals surface area (Å²) in [5.41, 5.74) is 0.413. The van der Waals surface area contributed by atoms with Gasteiger partial charge in [0.1, 0.15) is 0 Å². The molecule has 1 amide bonds. The van der Waals surface area contributed by atoms with E-state index in [4.69, 9.17) is 0 Å². The van der Waals surface area contributed by atoms with Crippen molar-refractivity contribution in [3.63, 3.8) is 0 Å². The third-order valence-electron chi connectivity index (χ3n) is 6.38. The van der Waals surface area contributed by atoms with Crippen LogP contribution in [0.15, 0.2) is 0 Å². The lowest BCUT2D eigenvalue weighted by atomic mass is 9.82. The molecule has 3 unspecified atom stereocenters. The van der Waals surface area contributed by atoms with Gasteiger partial charge in [-0.1, -0.05) is 12.8 Å². The molecular formula is C16H26N2O. The van der Waals surface area contributed by atoms with Crippen molar-refractivity contribution in [2.24, 2.45) is 23.2 Å². The third-order valence-corrected chi connectivity index (χ3v) is 6.38. The van der Waals surface area contributed by atoms with Gasteiger partial charge in [0, 0.05) is 19.0 Å². The van der Waals surface area contributed by atoms with Crippen LogP contribution in [0.2, 0.25) is 0 Å². The Hall–Kier alpha value is -0.570. The Labute approximate surface area is 116 Å². The Morgan fingerprint density at radius 2 is 1.68 bits per heavy atom. The summed E-state index contributed by atoms with van der Waals surface area (Å²) in [6, 6.07) is 0. The Morgan fingerprint density at radius 3 is 2.32 bits per heavy atom. The van der Waals surface area contributed by atoms with E-state index in [0.717, 1.165) is 38.0 Å². The van der Waals surface area contributed by atoms with Crippen LogP contribution in [0.1, 0.15) is 44.9 Å². The van der Waals surface area contributed by atoms with Crippen LogP contribution in [0, 0.1) is 23.2 Å². The van der Waals surface area contributed by atoms with E-state index in [0.29, 0.717) is 17.2 Å². The highest BCUT2D eigenvalue weighted by molar-refractivity contribution is 5.83. The van der Waals surface area contributed by atoms with E-state index in [1.54, 1.807) is 0 Å². The molecule has 2 saturated carbocycles. The molecule has 2 aliphatic heterocycles. The molecule has 3 atom stereocenters. The van der Waals surface area contributed by atoms with Crippen molar-refractivity contribution in [2.45, 2.75) is 44.9 Å². The molecule has 19 heavy (non-hydrogen) atoms. The van der Waals surface area contributed by atoms with Gasteiger partial charge in [0.25, 0.3) is 0 Å². The zero-order chi connectivity index (χ0) is 12.9. The van der Waals surface area contributed by atoms with E-state index in [-0.39, 0.29) is 0 Å². The number of hydrogen-bond donors (Lipinski definition) is 1. The van der Waals surface area contributed by atoms with Gasteiger partial charge in [-0.15, -0.1) is 0 Å². The highest BCUT2D eigenvalue weighted by atomic mass is 16.2. The second-order valence-corrected chi connectivity index (χ2v) is 7.42. The number of piperidine rings is 1.